The van der Waals surface area contributed by atoms with Crippen molar-refractivity contribution in [1.82, 2.24) is 9.97 Å². The molecular weight excluding hydrogens is 343 g/mol. The predicted octanol–water partition coefficient (Wildman–Crippen LogP) is 2.28. The Bertz CT molecular complexity index is 547. The zero-order chi connectivity index (χ0) is 13.0. The van der Waals surface area contributed by atoms with E-state index in [9.17, 15) is 0 Å². The maximum Gasteiger partial charge on any atom is 0.143 e. The van der Waals surface area contributed by atoms with Gasteiger partial charge in [-0.15, -0.1) is 0 Å². The fourth-order valence-electron chi connectivity index (χ4n) is 1.56. The average molecular weight is 356 g/mol. The highest BCUT2D eigenvalue weighted by atomic mass is 127. The van der Waals surface area contributed by atoms with Crippen molar-refractivity contribution in [3.63, 3.8) is 0 Å². The SMILES string of the molecule is COc1ccc(N)cc1CNc1ncncc1I. The molecule has 3 N–H and O–H groups in total. The maximum absolute atomic E-state index is 5.77. The number of nitrogens with zero attached hydrogens (tertiary/aromatic N) is 2. The van der Waals surface area contributed by atoms with Crippen LogP contribution in [0.3, 0.4) is 0 Å². The largest absolute Gasteiger partial charge is 0.496 e. The number of halogens is 1. The third-order valence-corrected chi connectivity index (χ3v) is 3.21. The van der Waals surface area contributed by atoms with Crippen molar-refractivity contribution in [1.29, 1.82) is 0 Å². The topological polar surface area (TPSA) is 73.1 Å². The molecule has 0 saturated carbocycles. The molecule has 0 bridgehead atoms. The summed E-state index contributed by atoms with van der Waals surface area (Å²) in [6.45, 7) is 0.598. The van der Waals surface area contributed by atoms with E-state index in [0.29, 0.717) is 12.2 Å². The van der Waals surface area contributed by atoms with Crippen LogP contribution in [0.25, 0.3) is 0 Å². The average Bonchev–Trinajstić information content (AvgIpc) is 2.38. The molecule has 0 aliphatic heterocycles. The number of ether oxygens (including phenoxy) is 1. The lowest BCUT2D eigenvalue weighted by Crippen LogP contribution is -2.05. The number of nitrogens with one attached hydrogen (secondary N) is 1. The number of hydrogen-bond donors (Lipinski definition) is 2. The number of benzene rings is 1. The number of rotatable bonds is 4. The summed E-state index contributed by atoms with van der Waals surface area (Å²) in [5.41, 5.74) is 7.48. The van der Waals surface area contributed by atoms with Gasteiger partial charge in [-0.25, -0.2) is 9.97 Å². The smallest absolute Gasteiger partial charge is 0.143 e. The first-order valence-corrected chi connectivity index (χ1v) is 6.40. The second kappa shape index (κ2) is 5.85. The molecular formula is C12H13IN4O. The van der Waals surface area contributed by atoms with Gasteiger partial charge in [0.1, 0.15) is 17.9 Å². The van der Waals surface area contributed by atoms with Gasteiger partial charge in [0, 0.05) is 24.0 Å². The van der Waals surface area contributed by atoms with E-state index < -0.39 is 0 Å². The van der Waals surface area contributed by atoms with Crippen molar-refractivity contribution in [2.24, 2.45) is 0 Å². The number of anilines is 2. The first kappa shape index (κ1) is 12.9. The molecule has 0 amide bonds. The molecule has 2 rings (SSSR count). The van der Waals surface area contributed by atoms with E-state index >= 15 is 0 Å². The molecule has 0 radical (unpaired) electrons. The summed E-state index contributed by atoms with van der Waals surface area (Å²) in [6, 6.07) is 5.56. The van der Waals surface area contributed by atoms with Crippen molar-refractivity contribution in [2.75, 3.05) is 18.2 Å². The van der Waals surface area contributed by atoms with E-state index in [0.717, 1.165) is 20.7 Å². The van der Waals surface area contributed by atoms with Gasteiger partial charge in [0.15, 0.2) is 0 Å². The number of methoxy groups -OCH3 is 1. The minimum absolute atomic E-state index is 0.598. The van der Waals surface area contributed by atoms with Crippen LogP contribution in [0.1, 0.15) is 5.56 Å². The normalized spacial score (nSPS) is 10.1. The third kappa shape index (κ3) is 3.00. The van der Waals surface area contributed by atoms with Crippen LogP contribution in [-0.4, -0.2) is 17.1 Å². The van der Waals surface area contributed by atoms with Crippen molar-refractivity contribution < 1.29 is 4.74 Å². The number of nitrogens with two attached hydrogens (primary N) is 1. The summed E-state index contributed by atoms with van der Waals surface area (Å²) < 4.78 is 6.26. The van der Waals surface area contributed by atoms with Crippen LogP contribution >= 0.6 is 22.6 Å². The molecule has 0 aliphatic carbocycles. The van der Waals surface area contributed by atoms with Gasteiger partial charge < -0.3 is 15.8 Å². The van der Waals surface area contributed by atoms with Crippen LogP contribution in [0, 0.1) is 3.57 Å². The molecule has 0 fully saturated rings. The number of aromatic nitrogens is 2. The molecule has 5 nitrogen and oxygen atoms in total. The quantitative estimate of drug-likeness (QED) is 0.650. The first-order valence-electron chi connectivity index (χ1n) is 5.32. The zero-order valence-electron chi connectivity index (χ0n) is 9.85. The van der Waals surface area contributed by atoms with Gasteiger partial charge in [0.2, 0.25) is 0 Å². The van der Waals surface area contributed by atoms with E-state index in [1.165, 1.54) is 6.33 Å². The van der Waals surface area contributed by atoms with Crippen molar-refractivity contribution in [2.45, 2.75) is 6.54 Å². The Morgan fingerprint density at radius 2 is 2.28 bits per heavy atom. The van der Waals surface area contributed by atoms with Gasteiger partial charge in [-0.3, -0.25) is 0 Å². The fourth-order valence-corrected chi connectivity index (χ4v) is 2.05. The monoisotopic (exact) mass is 356 g/mol. The minimum Gasteiger partial charge on any atom is -0.496 e. The Morgan fingerprint density at radius 3 is 3.00 bits per heavy atom. The highest BCUT2D eigenvalue weighted by Gasteiger charge is 2.05. The highest BCUT2D eigenvalue weighted by molar-refractivity contribution is 14.1. The predicted molar refractivity (Wildman–Crippen MR) is 79.5 cm³/mol. The van der Waals surface area contributed by atoms with Crippen molar-refractivity contribution in [3.05, 3.63) is 39.9 Å². The molecule has 1 aromatic carbocycles. The molecule has 2 aromatic rings. The van der Waals surface area contributed by atoms with E-state index in [-0.39, 0.29) is 0 Å². The minimum atomic E-state index is 0.598. The molecule has 0 aliphatic rings. The molecule has 1 heterocycles. The van der Waals surface area contributed by atoms with Crippen molar-refractivity contribution in [3.8, 4) is 5.75 Å². The molecule has 6 heteroatoms. The number of nitrogen functional groups attached to an aromatic ring is 1. The summed E-state index contributed by atoms with van der Waals surface area (Å²) in [6.07, 6.45) is 3.27. The second-order valence-corrected chi connectivity index (χ2v) is 4.81. The number of hydrogen-bond acceptors (Lipinski definition) is 5. The van der Waals surface area contributed by atoms with Crippen LogP contribution in [-0.2, 0) is 6.54 Å². The van der Waals surface area contributed by atoms with E-state index in [2.05, 4.69) is 37.9 Å². The molecule has 0 atom stereocenters. The Balaban J connectivity index is 2.15. The molecule has 0 saturated heterocycles. The Morgan fingerprint density at radius 1 is 1.44 bits per heavy atom. The van der Waals surface area contributed by atoms with Crippen molar-refractivity contribution >= 4 is 34.1 Å². The maximum atomic E-state index is 5.77. The van der Waals surface area contributed by atoms with E-state index in [4.69, 9.17) is 10.5 Å². The molecule has 0 unspecified atom stereocenters. The van der Waals surface area contributed by atoms with Gasteiger partial charge in [-0.2, -0.15) is 0 Å². The van der Waals surface area contributed by atoms with Crippen LogP contribution in [0.15, 0.2) is 30.7 Å². The van der Waals surface area contributed by atoms with Crippen LogP contribution in [0.4, 0.5) is 11.5 Å². The third-order valence-electron chi connectivity index (χ3n) is 2.42. The summed E-state index contributed by atoms with van der Waals surface area (Å²) in [5, 5.41) is 3.24. The molecule has 1 aromatic heterocycles. The van der Waals surface area contributed by atoms with E-state index in [1.807, 2.05) is 18.2 Å². The fraction of sp³-hybridized carbons (Fsp3) is 0.167. The van der Waals surface area contributed by atoms with E-state index in [1.54, 1.807) is 13.3 Å². The summed E-state index contributed by atoms with van der Waals surface area (Å²) in [7, 11) is 1.64. The lowest BCUT2D eigenvalue weighted by molar-refractivity contribution is 0.410. The molecule has 94 valence electrons. The molecule has 0 spiro atoms. The van der Waals surface area contributed by atoms with Crippen LogP contribution < -0.4 is 15.8 Å². The molecule has 18 heavy (non-hydrogen) atoms. The Hall–Kier alpha value is -1.57. The van der Waals surface area contributed by atoms with Crippen LogP contribution in [0.2, 0.25) is 0 Å². The second-order valence-electron chi connectivity index (χ2n) is 3.64. The summed E-state index contributed by atoms with van der Waals surface area (Å²) >= 11 is 2.18. The Labute approximate surface area is 119 Å². The van der Waals surface area contributed by atoms with Gasteiger partial charge in [0.25, 0.3) is 0 Å². The first-order chi connectivity index (χ1) is 8.70. The lowest BCUT2D eigenvalue weighted by atomic mass is 10.2. The van der Waals surface area contributed by atoms with Crippen LogP contribution in [0.5, 0.6) is 5.75 Å². The van der Waals surface area contributed by atoms with Gasteiger partial charge >= 0.3 is 0 Å². The highest BCUT2D eigenvalue weighted by Crippen LogP contribution is 2.22. The van der Waals surface area contributed by atoms with Gasteiger partial charge in [0.05, 0.1) is 10.7 Å². The summed E-state index contributed by atoms with van der Waals surface area (Å²) in [4.78, 5) is 8.11. The van der Waals surface area contributed by atoms with Gasteiger partial charge in [-0.1, -0.05) is 0 Å². The van der Waals surface area contributed by atoms with Gasteiger partial charge in [-0.05, 0) is 40.8 Å². The summed E-state index contributed by atoms with van der Waals surface area (Å²) in [5.74, 6) is 1.61. The Kier molecular flexibility index (Phi) is 4.19. The lowest BCUT2D eigenvalue weighted by Gasteiger charge is -2.11. The zero-order valence-corrected chi connectivity index (χ0v) is 12.0. The standard InChI is InChI=1S/C12H13IN4O/c1-18-11-3-2-9(14)4-8(11)5-16-12-10(13)6-15-7-17-12/h2-4,6-7H,5,14H2,1H3,(H,15,16,17).